The quantitative estimate of drug-likeness (QED) is 0.299. The predicted molar refractivity (Wildman–Crippen MR) is 134 cm³/mol. The van der Waals surface area contributed by atoms with Crippen LogP contribution in [0.1, 0.15) is 54.2 Å². The fraction of sp³-hybridized carbons (Fsp3) is 0.391. The summed E-state index contributed by atoms with van der Waals surface area (Å²) < 4.78 is 10.9. The van der Waals surface area contributed by atoms with Crippen molar-refractivity contribution in [1.82, 2.24) is 15.6 Å². The van der Waals surface area contributed by atoms with Gasteiger partial charge in [0.15, 0.2) is 0 Å². The number of carboxylic acids is 1. The topological polar surface area (TPSA) is 159 Å². The number of ether oxygens (including phenoxy) is 2. The smallest absolute Gasteiger partial charge is 0.407 e. The van der Waals surface area contributed by atoms with Crippen LogP contribution in [0.5, 0.6) is 5.75 Å². The Morgan fingerprint density at radius 2 is 1.78 bits per heavy atom. The lowest BCUT2D eigenvalue weighted by atomic mass is 10.1. The zero-order valence-corrected chi connectivity index (χ0v) is 21.9. The standard InChI is InChI=1S/C23H28Cl2N4O7/c1-11-16(24)17(25)18(27-11)20(31)29-14-7-6-13(19(30)28-12(2)21(32)33)10-15(14)35-9-8-26-22(34)36-23(3,4)5/h6-7,10,12,27H,8-9H2,1-5H3,(H,26,34)(H,28,30)(H,29,31)(H,32,33)/t12-/m0/s1. The second kappa shape index (κ2) is 12.0. The van der Waals surface area contributed by atoms with E-state index in [0.717, 1.165) is 0 Å². The molecule has 0 unspecified atom stereocenters. The van der Waals surface area contributed by atoms with E-state index in [2.05, 4.69) is 20.9 Å². The van der Waals surface area contributed by atoms with Crippen molar-refractivity contribution < 1.29 is 33.8 Å². The van der Waals surface area contributed by atoms with Gasteiger partial charge in [0.05, 0.1) is 22.3 Å². The highest BCUT2D eigenvalue weighted by Gasteiger charge is 2.21. The van der Waals surface area contributed by atoms with Crippen molar-refractivity contribution in [1.29, 1.82) is 0 Å². The fourth-order valence-electron chi connectivity index (χ4n) is 2.77. The van der Waals surface area contributed by atoms with Crippen molar-refractivity contribution in [3.63, 3.8) is 0 Å². The normalized spacial score (nSPS) is 11.9. The summed E-state index contributed by atoms with van der Waals surface area (Å²) in [6, 6.07) is 3.02. The first-order valence-electron chi connectivity index (χ1n) is 10.8. The SMILES string of the molecule is Cc1[nH]c(C(=O)Nc2ccc(C(=O)N[C@@H](C)C(=O)O)cc2OCCNC(=O)OC(C)(C)C)c(Cl)c1Cl. The number of hydrogen-bond donors (Lipinski definition) is 5. The maximum atomic E-state index is 12.8. The van der Waals surface area contributed by atoms with Gasteiger partial charge in [-0.1, -0.05) is 23.2 Å². The van der Waals surface area contributed by atoms with Crippen LogP contribution in [0, 0.1) is 6.92 Å². The average molecular weight is 543 g/mol. The average Bonchev–Trinajstić information content (AvgIpc) is 3.03. The molecule has 0 radical (unpaired) electrons. The number of anilines is 1. The van der Waals surface area contributed by atoms with E-state index in [9.17, 15) is 19.2 Å². The van der Waals surface area contributed by atoms with Crippen LogP contribution in [0.4, 0.5) is 10.5 Å². The minimum absolute atomic E-state index is 0.0348. The van der Waals surface area contributed by atoms with Gasteiger partial charge in [-0.15, -0.1) is 0 Å². The monoisotopic (exact) mass is 542 g/mol. The van der Waals surface area contributed by atoms with Crippen LogP contribution in [0.3, 0.4) is 0 Å². The second-order valence-corrected chi connectivity index (χ2v) is 9.48. The molecule has 36 heavy (non-hydrogen) atoms. The molecule has 0 spiro atoms. The number of benzene rings is 1. The van der Waals surface area contributed by atoms with Gasteiger partial charge in [0, 0.05) is 11.3 Å². The first-order valence-corrected chi connectivity index (χ1v) is 11.6. The Balaban J connectivity index is 2.21. The summed E-state index contributed by atoms with van der Waals surface area (Å²) in [6.45, 7) is 8.18. The lowest BCUT2D eigenvalue weighted by molar-refractivity contribution is -0.138. The van der Waals surface area contributed by atoms with Crippen LogP contribution in [0.15, 0.2) is 18.2 Å². The summed E-state index contributed by atoms with van der Waals surface area (Å²) in [6.07, 6.45) is -0.635. The Bertz CT molecular complexity index is 1160. The van der Waals surface area contributed by atoms with Gasteiger partial charge in [-0.3, -0.25) is 14.4 Å². The second-order valence-electron chi connectivity index (χ2n) is 8.73. The van der Waals surface area contributed by atoms with Crippen molar-refractivity contribution in [3.8, 4) is 5.75 Å². The number of aromatic amines is 1. The van der Waals surface area contributed by atoms with Crippen molar-refractivity contribution in [2.45, 2.75) is 46.3 Å². The van der Waals surface area contributed by atoms with Crippen LogP contribution < -0.4 is 20.7 Å². The van der Waals surface area contributed by atoms with E-state index in [1.54, 1.807) is 27.7 Å². The molecule has 1 heterocycles. The van der Waals surface area contributed by atoms with Gasteiger partial charge in [0.25, 0.3) is 11.8 Å². The molecule has 0 fully saturated rings. The zero-order valence-electron chi connectivity index (χ0n) is 20.4. The molecule has 196 valence electrons. The van der Waals surface area contributed by atoms with E-state index in [0.29, 0.717) is 5.69 Å². The third-order valence-corrected chi connectivity index (χ3v) is 5.47. The first-order chi connectivity index (χ1) is 16.7. The molecule has 3 amide bonds. The Morgan fingerprint density at radius 3 is 2.33 bits per heavy atom. The first kappa shape index (κ1) is 28.8. The Kier molecular flexibility index (Phi) is 9.60. The number of nitrogens with one attached hydrogen (secondary N) is 4. The van der Waals surface area contributed by atoms with Crippen molar-refractivity contribution >= 4 is 52.8 Å². The van der Waals surface area contributed by atoms with Crippen molar-refractivity contribution in [2.24, 2.45) is 0 Å². The summed E-state index contributed by atoms with van der Waals surface area (Å²) in [7, 11) is 0. The summed E-state index contributed by atoms with van der Waals surface area (Å²) in [5, 5.41) is 16.8. The maximum absolute atomic E-state index is 12.8. The summed E-state index contributed by atoms with van der Waals surface area (Å²) >= 11 is 12.2. The van der Waals surface area contributed by atoms with Crippen LogP contribution in [0.25, 0.3) is 0 Å². The molecule has 1 aromatic heterocycles. The van der Waals surface area contributed by atoms with Gasteiger partial charge in [-0.25, -0.2) is 4.79 Å². The number of halogens is 2. The fourth-order valence-corrected chi connectivity index (χ4v) is 3.19. The molecule has 2 aromatic rings. The molecule has 0 aliphatic heterocycles. The Morgan fingerprint density at radius 1 is 1.11 bits per heavy atom. The highest BCUT2D eigenvalue weighted by Crippen LogP contribution is 2.31. The van der Waals surface area contributed by atoms with Crippen LogP contribution >= 0.6 is 23.2 Å². The van der Waals surface area contributed by atoms with Gasteiger partial charge in [-0.2, -0.15) is 0 Å². The highest BCUT2D eigenvalue weighted by molar-refractivity contribution is 6.44. The highest BCUT2D eigenvalue weighted by atomic mass is 35.5. The van der Waals surface area contributed by atoms with E-state index >= 15 is 0 Å². The third-order valence-electron chi connectivity index (χ3n) is 4.52. The Hall–Kier alpha value is -3.44. The molecular formula is C23H28Cl2N4O7. The third kappa shape index (κ3) is 8.06. The number of hydrogen-bond acceptors (Lipinski definition) is 6. The summed E-state index contributed by atoms with van der Waals surface area (Å²) in [5.74, 6) is -2.37. The van der Waals surface area contributed by atoms with Gasteiger partial charge in [0.2, 0.25) is 0 Å². The molecular weight excluding hydrogens is 515 g/mol. The van der Waals surface area contributed by atoms with Gasteiger partial charge < -0.3 is 35.5 Å². The lowest BCUT2D eigenvalue weighted by Gasteiger charge is -2.20. The molecule has 0 aliphatic carbocycles. The van der Waals surface area contributed by atoms with E-state index < -0.39 is 35.5 Å². The summed E-state index contributed by atoms with van der Waals surface area (Å²) in [4.78, 5) is 50.9. The van der Waals surface area contributed by atoms with E-state index in [-0.39, 0.29) is 45.9 Å². The van der Waals surface area contributed by atoms with E-state index in [1.165, 1.54) is 25.1 Å². The number of aliphatic carboxylic acids is 1. The van der Waals surface area contributed by atoms with Gasteiger partial charge in [-0.05, 0) is 52.8 Å². The van der Waals surface area contributed by atoms with Crippen LogP contribution in [-0.4, -0.2) is 58.8 Å². The molecule has 1 atom stereocenters. The predicted octanol–water partition coefficient (Wildman–Crippen LogP) is 3.99. The molecule has 5 N–H and O–H groups in total. The van der Waals surface area contributed by atoms with Crippen molar-refractivity contribution in [3.05, 3.63) is 45.2 Å². The maximum Gasteiger partial charge on any atom is 0.407 e. The van der Waals surface area contributed by atoms with Gasteiger partial charge in [0.1, 0.15) is 29.7 Å². The van der Waals surface area contributed by atoms with Crippen LogP contribution in [-0.2, 0) is 9.53 Å². The molecule has 0 bridgehead atoms. The molecule has 11 nitrogen and oxygen atoms in total. The number of carboxylic acid groups (broad SMARTS) is 1. The molecule has 2 rings (SSSR count). The number of rotatable bonds is 9. The molecule has 13 heteroatoms. The number of H-pyrrole nitrogens is 1. The minimum Gasteiger partial charge on any atom is -0.490 e. The van der Waals surface area contributed by atoms with Gasteiger partial charge >= 0.3 is 12.1 Å². The number of carbonyl (C=O) groups excluding carboxylic acids is 3. The molecule has 0 aliphatic rings. The molecule has 1 aromatic carbocycles. The number of aromatic nitrogens is 1. The number of carbonyl (C=O) groups is 4. The number of alkyl carbamates (subject to hydrolysis) is 1. The number of aryl methyl sites for hydroxylation is 1. The summed E-state index contributed by atoms with van der Waals surface area (Å²) in [5.41, 5.74) is 0.162. The van der Waals surface area contributed by atoms with Crippen LogP contribution in [0.2, 0.25) is 10.0 Å². The molecule has 0 saturated carbocycles. The lowest BCUT2D eigenvalue weighted by Crippen LogP contribution is -2.38. The zero-order chi connectivity index (χ0) is 27.2. The van der Waals surface area contributed by atoms with E-state index in [4.69, 9.17) is 37.8 Å². The number of amides is 3. The van der Waals surface area contributed by atoms with Crippen molar-refractivity contribution in [2.75, 3.05) is 18.5 Å². The minimum atomic E-state index is -1.20. The van der Waals surface area contributed by atoms with E-state index in [1.807, 2.05) is 0 Å². The largest absolute Gasteiger partial charge is 0.490 e. The Labute approximate surface area is 217 Å². The molecule has 0 saturated heterocycles.